The highest BCUT2D eigenvalue weighted by Crippen LogP contribution is 2.35. The summed E-state index contributed by atoms with van der Waals surface area (Å²) in [6.45, 7) is 6.45. The van der Waals surface area contributed by atoms with Gasteiger partial charge in [0.2, 0.25) is 0 Å². The van der Waals surface area contributed by atoms with Gasteiger partial charge < -0.3 is 18.9 Å². The minimum atomic E-state index is -4.74. The predicted octanol–water partition coefficient (Wildman–Crippen LogP) is 14.5. The fraction of sp³-hybridized carbons (Fsp3) is 1.00. The molecule has 0 aliphatic heterocycles. The van der Waals surface area contributed by atoms with Gasteiger partial charge in [0, 0.05) is 19.3 Å². The molecular weight excluding hydrogens is 760 g/mol. The van der Waals surface area contributed by atoms with Crippen molar-refractivity contribution in [2.24, 2.45) is 29.6 Å². The second kappa shape index (κ2) is 25.5. The third-order valence-corrected chi connectivity index (χ3v) is 9.95. The van der Waals surface area contributed by atoms with Crippen LogP contribution in [0.3, 0.4) is 0 Å². The average molecular weight is 829 g/mol. The van der Waals surface area contributed by atoms with Gasteiger partial charge in [-0.25, -0.2) is 0 Å². The minimum Gasteiger partial charge on any atom is -0.341 e. The van der Waals surface area contributed by atoms with E-state index >= 15 is 0 Å². The zero-order valence-electron chi connectivity index (χ0n) is 33.9. The fourth-order valence-electron chi connectivity index (χ4n) is 6.58. The zero-order chi connectivity index (χ0) is 42.6. The van der Waals surface area contributed by atoms with Crippen LogP contribution in [0.4, 0.5) is 52.7 Å². The molecule has 0 amide bonds. The van der Waals surface area contributed by atoms with E-state index in [4.69, 9.17) is 18.9 Å². The van der Waals surface area contributed by atoms with E-state index in [1.807, 2.05) is 20.8 Å². The number of rotatable bonds is 31. The molecule has 0 N–H and O–H groups in total. The molecule has 0 saturated heterocycles. The Morgan fingerprint density at radius 3 is 0.982 bits per heavy atom. The van der Waals surface area contributed by atoms with Crippen molar-refractivity contribution in [1.82, 2.24) is 0 Å². The van der Waals surface area contributed by atoms with E-state index in [0.29, 0.717) is 50.4 Å². The molecule has 0 rings (SSSR count). The summed E-state index contributed by atoms with van der Waals surface area (Å²) in [6, 6.07) is 0. The third-order valence-electron chi connectivity index (χ3n) is 9.95. The minimum absolute atomic E-state index is 0.00330. The SMILES string of the molecule is CC(C)CCCC(C)CCCC(CC[C@H](C)CCCC(C)CCCC(C)CCCC(C)(OCC(F)(F)F)OCC(F)(F)F)(OCC(F)(F)F)OCC(F)(F)F. The Kier molecular flexibility index (Phi) is 25.0. The van der Waals surface area contributed by atoms with Crippen molar-refractivity contribution >= 4 is 0 Å². The Bertz CT molecular complexity index is 930. The van der Waals surface area contributed by atoms with E-state index < -0.39 is 62.7 Å². The molecule has 0 aromatic heterocycles. The summed E-state index contributed by atoms with van der Waals surface area (Å²) in [5.41, 5.74) is 0. The Morgan fingerprint density at radius 2 is 0.636 bits per heavy atom. The van der Waals surface area contributed by atoms with E-state index in [9.17, 15) is 52.7 Å². The van der Waals surface area contributed by atoms with Crippen molar-refractivity contribution in [3.63, 3.8) is 0 Å². The quantitative estimate of drug-likeness (QED) is 0.0515. The lowest BCUT2D eigenvalue weighted by Crippen LogP contribution is -2.42. The number of ether oxygens (including phenoxy) is 4. The first-order chi connectivity index (χ1) is 25.0. The van der Waals surface area contributed by atoms with Gasteiger partial charge in [0.25, 0.3) is 0 Å². The molecule has 0 spiro atoms. The summed E-state index contributed by atoms with van der Waals surface area (Å²) in [5, 5.41) is 0. The highest BCUT2D eigenvalue weighted by molar-refractivity contribution is 4.76. The van der Waals surface area contributed by atoms with Gasteiger partial charge in [-0.15, -0.1) is 0 Å². The van der Waals surface area contributed by atoms with Crippen LogP contribution in [0.1, 0.15) is 158 Å². The van der Waals surface area contributed by atoms with E-state index in [1.54, 1.807) is 0 Å². The fourth-order valence-corrected chi connectivity index (χ4v) is 6.58. The van der Waals surface area contributed by atoms with Gasteiger partial charge in [-0.2, -0.15) is 52.7 Å². The first-order valence-electron chi connectivity index (χ1n) is 19.9. The molecule has 4 nitrogen and oxygen atoms in total. The van der Waals surface area contributed by atoms with Crippen molar-refractivity contribution < 1.29 is 71.6 Å². The molecule has 0 aromatic carbocycles. The molecule has 3 unspecified atom stereocenters. The van der Waals surface area contributed by atoms with Gasteiger partial charge >= 0.3 is 24.7 Å². The standard InChI is InChI=1S/C39H68F12O4/c1-29(2)13-8-14-31(4)20-12-23-35(54-27-38(46,47)48,55-28-39(49,50)51)24-21-33(6)18-10-16-30(3)15-9-17-32(5)19-11-22-34(7,52-25-36(40,41)42)53-26-37(43,44)45/h29-33H,8-28H2,1-7H3/t30?,31?,32?,33-/m1/s1. The number of alkyl halides is 12. The van der Waals surface area contributed by atoms with E-state index in [-0.39, 0.29) is 37.0 Å². The van der Waals surface area contributed by atoms with Crippen LogP contribution in [0.25, 0.3) is 0 Å². The molecule has 0 aromatic rings. The first-order valence-corrected chi connectivity index (χ1v) is 19.9. The van der Waals surface area contributed by atoms with Gasteiger partial charge in [0.1, 0.15) is 26.4 Å². The maximum Gasteiger partial charge on any atom is 0.411 e. The summed E-state index contributed by atoms with van der Waals surface area (Å²) in [5.74, 6) is -2.74. The van der Waals surface area contributed by atoms with E-state index in [0.717, 1.165) is 58.3 Å². The monoisotopic (exact) mass is 828 g/mol. The van der Waals surface area contributed by atoms with Gasteiger partial charge in [-0.1, -0.05) is 112 Å². The molecule has 0 aliphatic carbocycles. The van der Waals surface area contributed by atoms with Crippen molar-refractivity contribution in [3.05, 3.63) is 0 Å². The molecular formula is C39H68F12O4. The van der Waals surface area contributed by atoms with Crippen molar-refractivity contribution in [2.45, 2.75) is 194 Å². The summed E-state index contributed by atoms with van der Waals surface area (Å²) >= 11 is 0. The Balaban J connectivity index is 4.96. The van der Waals surface area contributed by atoms with Gasteiger partial charge in [-0.05, 0) is 55.8 Å². The molecule has 0 radical (unpaired) electrons. The second-order valence-electron chi connectivity index (χ2n) is 16.6. The summed E-state index contributed by atoms with van der Waals surface area (Å²) in [6.07, 6.45) is -9.13. The topological polar surface area (TPSA) is 36.9 Å². The second-order valence-corrected chi connectivity index (χ2v) is 16.6. The molecule has 0 fully saturated rings. The molecule has 4 atom stereocenters. The third kappa shape index (κ3) is 32.6. The van der Waals surface area contributed by atoms with Crippen LogP contribution in [0.5, 0.6) is 0 Å². The van der Waals surface area contributed by atoms with Crippen LogP contribution < -0.4 is 0 Å². The lowest BCUT2D eigenvalue weighted by molar-refractivity contribution is -0.316. The summed E-state index contributed by atoms with van der Waals surface area (Å²) < 4.78 is 175. The van der Waals surface area contributed by atoms with Crippen LogP contribution in [0.2, 0.25) is 0 Å². The average Bonchev–Trinajstić information content (AvgIpc) is 3.02. The lowest BCUT2D eigenvalue weighted by Gasteiger charge is -2.36. The largest absolute Gasteiger partial charge is 0.411 e. The van der Waals surface area contributed by atoms with Crippen LogP contribution >= 0.6 is 0 Å². The smallest absolute Gasteiger partial charge is 0.341 e. The van der Waals surface area contributed by atoms with Crippen LogP contribution in [0, 0.1) is 29.6 Å². The lowest BCUT2D eigenvalue weighted by atomic mass is 9.89. The van der Waals surface area contributed by atoms with Crippen molar-refractivity contribution in [2.75, 3.05) is 26.4 Å². The number of hydrogen-bond donors (Lipinski definition) is 0. The van der Waals surface area contributed by atoms with Crippen LogP contribution in [0.15, 0.2) is 0 Å². The van der Waals surface area contributed by atoms with E-state index in [2.05, 4.69) is 20.8 Å². The van der Waals surface area contributed by atoms with Crippen molar-refractivity contribution in [1.29, 1.82) is 0 Å². The number of hydrogen-bond acceptors (Lipinski definition) is 4. The summed E-state index contributed by atoms with van der Waals surface area (Å²) in [7, 11) is 0. The zero-order valence-corrected chi connectivity index (χ0v) is 33.9. The molecule has 332 valence electrons. The molecule has 55 heavy (non-hydrogen) atoms. The molecule has 16 heteroatoms. The Hall–Kier alpha value is -1.00. The van der Waals surface area contributed by atoms with Crippen LogP contribution in [-0.4, -0.2) is 62.7 Å². The summed E-state index contributed by atoms with van der Waals surface area (Å²) in [4.78, 5) is 0. The predicted molar refractivity (Wildman–Crippen MR) is 189 cm³/mol. The van der Waals surface area contributed by atoms with Crippen molar-refractivity contribution in [3.8, 4) is 0 Å². The Morgan fingerprint density at radius 1 is 0.345 bits per heavy atom. The number of halogens is 12. The highest BCUT2D eigenvalue weighted by Gasteiger charge is 2.42. The molecule has 0 aliphatic rings. The highest BCUT2D eigenvalue weighted by atomic mass is 19.4. The maximum atomic E-state index is 13.2. The molecule has 0 bridgehead atoms. The first kappa shape index (κ1) is 54.0. The normalized spacial score (nSPS) is 16.1. The van der Waals surface area contributed by atoms with Gasteiger partial charge in [-0.3, -0.25) is 0 Å². The van der Waals surface area contributed by atoms with Gasteiger partial charge in [0.15, 0.2) is 11.6 Å². The van der Waals surface area contributed by atoms with Gasteiger partial charge in [0.05, 0.1) is 0 Å². The Labute approximate surface area is 321 Å². The maximum absolute atomic E-state index is 13.2. The molecule has 0 saturated carbocycles. The van der Waals surface area contributed by atoms with Crippen LogP contribution in [-0.2, 0) is 18.9 Å². The van der Waals surface area contributed by atoms with E-state index in [1.165, 1.54) is 0 Å². The molecule has 0 heterocycles.